The molecule has 5 nitrogen and oxygen atoms in total. The van der Waals surface area contributed by atoms with Crippen LogP contribution in [-0.4, -0.2) is 50.8 Å². The monoisotopic (exact) mass is 373 g/mol. The van der Waals surface area contributed by atoms with Crippen LogP contribution in [0.25, 0.3) is 11.1 Å². The Hall–Kier alpha value is -2.27. The van der Waals surface area contributed by atoms with E-state index in [4.69, 9.17) is 0 Å². The number of sulfonamides is 1. The quantitative estimate of drug-likeness (QED) is 0.827. The van der Waals surface area contributed by atoms with Crippen molar-refractivity contribution in [1.29, 1.82) is 5.26 Å². The molecular formula is C19H20FN3O2S. The predicted octanol–water partition coefficient (Wildman–Crippen LogP) is 2.69. The fourth-order valence-electron chi connectivity index (χ4n) is 3.20. The highest BCUT2D eigenvalue weighted by Gasteiger charge is 2.34. The molecule has 2 aromatic rings. The summed E-state index contributed by atoms with van der Waals surface area (Å²) in [6.45, 7) is 0.734. The molecule has 1 saturated heterocycles. The molecule has 2 aromatic carbocycles. The molecule has 1 aliphatic rings. The molecule has 0 saturated carbocycles. The fraction of sp³-hybridized carbons (Fsp3) is 0.316. The first kappa shape index (κ1) is 18.5. The number of benzene rings is 2. The average molecular weight is 373 g/mol. The minimum atomic E-state index is -3.88. The van der Waals surface area contributed by atoms with Crippen LogP contribution >= 0.6 is 0 Å². The summed E-state index contributed by atoms with van der Waals surface area (Å²) in [6, 6.07) is 13.1. The Labute approximate surface area is 153 Å². The molecule has 1 aliphatic heterocycles. The van der Waals surface area contributed by atoms with Gasteiger partial charge in [-0.15, -0.1) is 0 Å². The number of hydrogen-bond donors (Lipinski definition) is 0. The maximum atomic E-state index is 14.7. The molecule has 7 heteroatoms. The zero-order valence-electron chi connectivity index (χ0n) is 14.7. The van der Waals surface area contributed by atoms with Gasteiger partial charge in [-0.3, -0.25) is 0 Å². The Balaban J connectivity index is 1.94. The average Bonchev–Trinajstić information content (AvgIpc) is 3.12. The van der Waals surface area contributed by atoms with Gasteiger partial charge in [0.05, 0.1) is 11.6 Å². The van der Waals surface area contributed by atoms with Crippen LogP contribution in [0.1, 0.15) is 12.0 Å². The fourth-order valence-corrected chi connectivity index (χ4v) is 4.74. The topological polar surface area (TPSA) is 64.4 Å². The molecule has 26 heavy (non-hydrogen) atoms. The summed E-state index contributed by atoms with van der Waals surface area (Å²) in [5.74, 6) is -0.802. The highest BCUT2D eigenvalue weighted by molar-refractivity contribution is 7.89. The number of hydrogen-bond acceptors (Lipinski definition) is 4. The van der Waals surface area contributed by atoms with E-state index < -0.39 is 15.8 Å². The van der Waals surface area contributed by atoms with Crippen molar-refractivity contribution in [2.24, 2.45) is 0 Å². The molecule has 1 heterocycles. The van der Waals surface area contributed by atoms with E-state index in [9.17, 15) is 18.1 Å². The largest absolute Gasteiger partial charge is 0.305 e. The molecule has 0 unspecified atom stereocenters. The van der Waals surface area contributed by atoms with Crippen molar-refractivity contribution in [3.05, 3.63) is 53.8 Å². The van der Waals surface area contributed by atoms with Gasteiger partial charge in [0.15, 0.2) is 0 Å². The van der Waals surface area contributed by atoms with Gasteiger partial charge >= 0.3 is 0 Å². The van der Waals surface area contributed by atoms with Gasteiger partial charge in [0.2, 0.25) is 10.0 Å². The van der Waals surface area contributed by atoms with Gasteiger partial charge in [0, 0.05) is 19.1 Å². The first-order valence-corrected chi connectivity index (χ1v) is 9.74. The van der Waals surface area contributed by atoms with Gasteiger partial charge in [-0.1, -0.05) is 24.3 Å². The molecule has 136 valence electrons. The summed E-state index contributed by atoms with van der Waals surface area (Å²) >= 11 is 0. The van der Waals surface area contributed by atoms with Crippen molar-refractivity contribution in [1.82, 2.24) is 9.21 Å². The summed E-state index contributed by atoms with van der Waals surface area (Å²) in [5.41, 5.74) is 1.47. The van der Waals surface area contributed by atoms with Crippen LogP contribution in [0.3, 0.4) is 0 Å². The molecule has 0 spiro atoms. The summed E-state index contributed by atoms with van der Waals surface area (Å²) in [5, 5.41) is 9.20. The first-order chi connectivity index (χ1) is 12.3. The number of halogens is 1. The van der Waals surface area contributed by atoms with E-state index in [0.717, 1.165) is 6.42 Å². The van der Waals surface area contributed by atoms with Gasteiger partial charge in [0.1, 0.15) is 10.7 Å². The van der Waals surface area contributed by atoms with E-state index >= 15 is 0 Å². The lowest BCUT2D eigenvalue weighted by Gasteiger charge is -2.20. The van der Waals surface area contributed by atoms with Crippen molar-refractivity contribution in [2.75, 3.05) is 27.2 Å². The third kappa shape index (κ3) is 3.36. The van der Waals surface area contributed by atoms with Gasteiger partial charge in [0.25, 0.3) is 0 Å². The number of likely N-dealkylation sites (N-methyl/N-ethyl adjacent to an activating group) is 1. The molecule has 0 bridgehead atoms. The Morgan fingerprint density at radius 1 is 1.23 bits per heavy atom. The summed E-state index contributed by atoms with van der Waals surface area (Å²) < 4.78 is 41.6. The predicted molar refractivity (Wildman–Crippen MR) is 97.4 cm³/mol. The summed E-state index contributed by atoms with van der Waals surface area (Å²) in [6.07, 6.45) is 0.724. The number of nitriles is 1. The maximum absolute atomic E-state index is 14.7. The Morgan fingerprint density at radius 2 is 1.96 bits per heavy atom. The van der Waals surface area contributed by atoms with Crippen molar-refractivity contribution in [3.8, 4) is 17.2 Å². The summed E-state index contributed by atoms with van der Waals surface area (Å²) in [7, 11) is -0.0727. The lowest BCUT2D eigenvalue weighted by atomic mass is 10.0. The number of nitrogens with zero attached hydrogens (tertiary/aromatic N) is 3. The van der Waals surface area contributed by atoms with E-state index in [1.165, 1.54) is 16.4 Å². The van der Waals surface area contributed by atoms with Crippen LogP contribution in [0, 0.1) is 17.1 Å². The van der Waals surface area contributed by atoms with Gasteiger partial charge in [-0.2, -0.15) is 9.57 Å². The Morgan fingerprint density at radius 3 is 2.58 bits per heavy atom. The normalized spacial score (nSPS) is 18.2. The molecule has 0 aliphatic carbocycles. The number of rotatable bonds is 4. The van der Waals surface area contributed by atoms with E-state index in [1.54, 1.807) is 30.3 Å². The van der Waals surface area contributed by atoms with Gasteiger partial charge in [-0.25, -0.2) is 12.8 Å². The summed E-state index contributed by atoms with van der Waals surface area (Å²) in [4.78, 5) is 1.66. The van der Waals surface area contributed by atoms with Gasteiger partial charge in [-0.05, 0) is 49.8 Å². The smallest absolute Gasteiger partial charge is 0.246 e. The lowest BCUT2D eigenvalue weighted by Crippen LogP contribution is -2.34. The molecule has 3 rings (SSSR count). The van der Waals surface area contributed by atoms with E-state index in [1.807, 2.05) is 19.0 Å². The molecule has 0 radical (unpaired) electrons. The third-order valence-corrected chi connectivity index (χ3v) is 6.66. The van der Waals surface area contributed by atoms with Crippen LogP contribution in [0.15, 0.2) is 47.4 Å². The molecule has 0 aromatic heterocycles. The van der Waals surface area contributed by atoms with Crippen LogP contribution in [0.5, 0.6) is 0 Å². The molecule has 0 N–H and O–H groups in total. The van der Waals surface area contributed by atoms with Crippen molar-refractivity contribution in [2.45, 2.75) is 17.4 Å². The minimum Gasteiger partial charge on any atom is -0.305 e. The molecule has 1 fully saturated rings. The van der Waals surface area contributed by atoms with Crippen molar-refractivity contribution in [3.63, 3.8) is 0 Å². The molecular weight excluding hydrogens is 353 g/mol. The van der Waals surface area contributed by atoms with Crippen LogP contribution in [-0.2, 0) is 10.0 Å². The van der Waals surface area contributed by atoms with Crippen LogP contribution < -0.4 is 0 Å². The van der Waals surface area contributed by atoms with Gasteiger partial charge < -0.3 is 4.90 Å². The van der Waals surface area contributed by atoms with Crippen LogP contribution in [0.2, 0.25) is 0 Å². The second kappa shape index (κ2) is 7.16. The van der Waals surface area contributed by atoms with E-state index in [-0.39, 0.29) is 10.9 Å². The maximum Gasteiger partial charge on any atom is 0.246 e. The minimum absolute atomic E-state index is 0.134. The van der Waals surface area contributed by atoms with Crippen molar-refractivity contribution >= 4 is 10.0 Å². The first-order valence-electron chi connectivity index (χ1n) is 8.30. The second-order valence-electron chi connectivity index (χ2n) is 6.57. The van der Waals surface area contributed by atoms with E-state index in [0.29, 0.717) is 29.8 Å². The lowest BCUT2D eigenvalue weighted by molar-refractivity contribution is 0.302. The highest BCUT2D eigenvalue weighted by Crippen LogP contribution is 2.29. The highest BCUT2D eigenvalue weighted by atomic mass is 32.2. The Bertz CT molecular complexity index is 967. The van der Waals surface area contributed by atoms with E-state index in [2.05, 4.69) is 6.07 Å². The molecule has 0 amide bonds. The molecule has 1 atom stereocenters. The standard InChI is InChI=1S/C19H20FN3O2S/c1-22(2)16-9-10-23(13-16)26(24,25)19-8-7-14(11-18(19)20)17-6-4-3-5-15(17)12-21/h3-8,11,16H,9-10,13H2,1-2H3/t16-/m1/s1. The Kier molecular flexibility index (Phi) is 5.10. The second-order valence-corrected chi connectivity index (χ2v) is 8.48. The van der Waals surface area contributed by atoms with Crippen LogP contribution in [0.4, 0.5) is 4.39 Å². The zero-order valence-corrected chi connectivity index (χ0v) is 15.5. The third-order valence-electron chi connectivity index (χ3n) is 4.76. The van der Waals surface area contributed by atoms with Crippen molar-refractivity contribution < 1.29 is 12.8 Å². The zero-order chi connectivity index (χ0) is 18.9. The SMILES string of the molecule is CN(C)[C@@H]1CCN(S(=O)(=O)c2ccc(-c3ccccc3C#N)cc2F)C1.